The lowest BCUT2D eigenvalue weighted by atomic mass is 10.2. The van der Waals surface area contributed by atoms with Gasteiger partial charge in [-0.15, -0.1) is 0 Å². The molecule has 0 atom stereocenters. The number of nitrogens with zero attached hydrogens (tertiary/aromatic N) is 6. The predicted octanol–water partition coefficient (Wildman–Crippen LogP) is 1.00. The van der Waals surface area contributed by atoms with Crippen LogP contribution in [0, 0.1) is 6.92 Å². The van der Waals surface area contributed by atoms with Crippen LogP contribution in [0.2, 0.25) is 0 Å². The molecule has 0 amide bonds. The zero-order valence-electron chi connectivity index (χ0n) is 16.2. The van der Waals surface area contributed by atoms with E-state index in [-0.39, 0.29) is 4.90 Å². The van der Waals surface area contributed by atoms with Crippen molar-refractivity contribution in [2.45, 2.75) is 37.6 Å². The number of rotatable bonds is 5. The summed E-state index contributed by atoms with van der Waals surface area (Å²) in [5, 5.41) is 7.07. The number of hydrogen-bond donors (Lipinski definition) is 1. The Morgan fingerprint density at radius 2 is 1.79 bits per heavy atom. The Morgan fingerprint density at radius 1 is 1.04 bits per heavy atom. The maximum absolute atomic E-state index is 12.7. The molecule has 0 aromatic carbocycles. The fourth-order valence-corrected chi connectivity index (χ4v) is 5.22. The Bertz CT molecular complexity index is 883. The van der Waals surface area contributed by atoms with Crippen LogP contribution in [-0.2, 0) is 16.6 Å². The Morgan fingerprint density at radius 3 is 2.39 bits per heavy atom. The Hall–Kier alpha value is -2.04. The zero-order chi connectivity index (χ0) is 19.6. The summed E-state index contributed by atoms with van der Waals surface area (Å²) >= 11 is 0. The van der Waals surface area contributed by atoms with E-state index in [4.69, 9.17) is 0 Å². The van der Waals surface area contributed by atoms with E-state index in [1.807, 2.05) is 13.0 Å². The van der Waals surface area contributed by atoms with Gasteiger partial charge in [0.2, 0.25) is 10.0 Å². The maximum Gasteiger partial charge on any atom is 0.244 e. The molecule has 28 heavy (non-hydrogen) atoms. The number of aromatic nitrogens is 4. The lowest BCUT2D eigenvalue weighted by Gasteiger charge is -2.34. The zero-order valence-corrected chi connectivity index (χ0v) is 17.0. The molecule has 2 aliphatic rings. The van der Waals surface area contributed by atoms with Crippen LogP contribution >= 0.6 is 0 Å². The van der Waals surface area contributed by atoms with E-state index >= 15 is 0 Å². The van der Waals surface area contributed by atoms with E-state index in [0.29, 0.717) is 13.1 Å². The highest BCUT2D eigenvalue weighted by Crippen LogP contribution is 2.22. The molecule has 0 radical (unpaired) electrons. The second kappa shape index (κ2) is 8.14. The first-order valence-corrected chi connectivity index (χ1v) is 11.3. The summed E-state index contributed by atoms with van der Waals surface area (Å²) in [6, 6.07) is 3.51. The van der Waals surface area contributed by atoms with E-state index in [0.717, 1.165) is 69.5 Å². The first-order chi connectivity index (χ1) is 13.5. The van der Waals surface area contributed by atoms with E-state index in [1.54, 1.807) is 10.4 Å². The summed E-state index contributed by atoms with van der Waals surface area (Å²) in [6.07, 6.45) is 4.47. The average molecular weight is 406 g/mol. The topological polar surface area (TPSA) is 98.3 Å². The second-order valence-corrected chi connectivity index (χ2v) is 9.36. The number of pyridine rings is 1. The molecule has 10 heteroatoms. The Kier molecular flexibility index (Phi) is 5.61. The molecule has 2 fully saturated rings. The minimum absolute atomic E-state index is 0.289. The van der Waals surface area contributed by atoms with Crippen molar-refractivity contribution in [2.24, 2.45) is 0 Å². The van der Waals surface area contributed by atoms with Gasteiger partial charge in [-0.1, -0.05) is 6.42 Å². The quantitative estimate of drug-likeness (QED) is 0.792. The number of hydrogen-bond acceptors (Lipinski definition) is 7. The van der Waals surface area contributed by atoms with Crippen LogP contribution < -0.4 is 4.90 Å². The number of sulfonamides is 1. The summed E-state index contributed by atoms with van der Waals surface area (Å²) in [4.78, 5) is 13.6. The molecular weight excluding hydrogens is 378 g/mol. The first kappa shape index (κ1) is 19.3. The summed E-state index contributed by atoms with van der Waals surface area (Å²) in [6.45, 7) is 7.32. The van der Waals surface area contributed by atoms with Gasteiger partial charge in [-0.05, 0) is 31.9 Å². The van der Waals surface area contributed by atoms with Crippen molar-refractivity contribution in [3.05, 3.63) is 30.0 Å². The number of anilines is 1. The monoisotopic (exact) mass is 405 g/mol. The molecule has 2 saturated heterocycles. The van der Waals surface area contributed by atoms with Crippen LogP contribution in [0.4, 0.5) is 5.82 Å². The van der Waals surface area contributed by atoms with Gasteiger partial charge in [-0.2, -0.15) is 9.40 Å². The van der Waals surface area contributed by atoms with E-state index in [9.17, 15) is 8.42 Å². The van der Waals surface area contributed by atoms with Crippen LogP contribution in [0.15, 0.2) is 23.2 Å². The number of aromatic amines is 1. The van der Waals surface area contributed by atoms with Crippen molar-refractivity contribution in [1.82, 2.24) is 29.4 Å². The van der Waals surface area contributed by atoms with Crippen molar-refractivity contribution >= 4 is 15.8 Å². The predicted molar refractivity (Wildman–Crippen MR) is 105 cm³/mol. The molecule has 152 valence electrons. The number of piperidine rings is 1. The molecular formula is C18H27N7O2S. The smallest absolute Gasteiger partial charge is 0.244 e. The van der Waals surface area contributed by atoms with Gasteiger partial charge in [-0.3, -0.25) is 10.00 Å². The minimum Gasteiger partial charge on any atom is -0.354 e. The highest BCUT2D eigenvalue weighted by molar-refractivity contribution is 7.89. The Balaban J connectivity index is 1.35. The van der Waals surface area contributed by atoms with E-state index in [2.05, 4.69) is 30.0 Å². The van der Waals surface area contributed by atoms with Gasteiger partial charge in [0.15, 0.2) is 5.82 Å². The highest BCUT2D eigenvalue weighted by atomic mass is 32.2. The molecule has 4 rings (SSSR count). The first-order valence-electron chi connectivity index (χ1n) is 9.84. The van der Waals surface area contributed by atoms with Gasteiger partial charge in [0.05, 0.1) is 6.54 Å². The van der Waals surface area contributed by atoms with Crippen molar-refractivity contribution in [2.75, 3.05) is 44.2 Å². The van der Waals surface area contributed by atoms with E-state index in [1.165, 1.54) is 6.20 Å². The van der Waals surface area contributed by atoms with Crippen molar-refractivity contribution in [3.8, 4) is 0 Å². The van der Waals surface area contributed by atoms with Crippen LogP contribution in [0.25, 0.3) is 0 Å². The normalized spacial score (nSPS) is 19.8. The van der Waals surface area contributed by atoms with Crippen LogP contribution in [0.5, 0.6) is 0 Å². The molecule has 0 bridgehead atoms. The molecule has 0 spiro atoms. The molecule has 1 N–H and O–H groups in total. The van der Waals surface area contributed by atoms with Crippen LogP contribution in [0.3, 0.4) is 0 Å². The number of piperazine rings is 1. The molecule has 2 aromatic rings. The average Bonchev–Trinajstić information content (AvgIpc) is 3.14. The molecule has 2 aromatic heterocycles. The second-order valence-electron chi connectivity index (χ2n) is 7.42. The third-order valence-electron chi connectivity index (χ3n) is 5.38. The van der Waals surface area contributed by atoms with Crippen molar-refractivity contribution in [3.63, 3.8) is 0 Å². The van der Waals surface area contributed by atoms with Gasteiger partial charge in [-0.25, -0.2) is 18.4 Å². The van der Waals surface area contributed by atoms with Gasteiger partial charge >= 0.3 is 0 Å². The summed E-state index contributed by atoms with van der Waals surface area (Å²) < 4.78 is 27.1. The highest BCUT2D eigenvalue weighted by Gasteiger charge is 2.26. The van der Waals surface area contributed by atoms with E-state index < -0.39 is 10.0 Å². The fraction of sp³-hybridized carbons (Fsp3) is 0.611. The molecule has 0 aliphatic carbocycles. The number of nitrogens with one attached hydrogen (secondary N) is 1. The lowest BCUT2D eigenvalue weighted by molar-refractivity contribution is 0.243. The van der Waals surface area contributed by atoms with Crippen LogP contribution in [-0.4, -0.2) is 77.1 Å². The third kappa shape index (κ3) is 4.18. The van der Waals surface area contributed by atoms with Crippen molar-refractivity contribution < 1.29 is 8.42 Å². The fourth-order valence-electron chi connectivity index (χ4n) is 3.76. The summed E-state index contributed by atoms with van der Waals surface area (Å²) in [5.74, 6) is 2.47. The SMILES string of the molecule is Cc1nc(CN2CCN(c3ccc(S(=O)(=O)N4CCCCC4)cn3)CC2)n[nH]1. The number of H-pyrrole nitrogens is 1. The van der Waals surface area contributed by atoms with Gasteiger partial charge in [0.1, 0.15) is 16.5 Å². The molecule has 0 unspecified atom stereocenters. The molecule has 0 saturated carbocycles. The van der Waals surface area contributed by atoms with Gasteiger partial charge in [0, 0.05) is 45.5 Å². The lowest BCUT2D eigenvalue weighted by Crippen LogP contribution is -2.46. The maximum atomic E-state index is 12.7. The van der Waals surface area contributed by atoms with Gasteiger partial charge in [0.25, 0.3) is 0 Å². The van der Waals surface area contributed by atoms with Crippen molar-refractivity contribution in [1.29, 1.82) is 0 Å². The number of aryl methyl sites for hydroxylation is 1. The standard InChI is InChI=1S/C18H27N7O2S/c1-15-20-17(22-21-15)14-23-9-11-24(12-10-23)18-6-5-16(13-19-18)28(26,27)25-7-3-2-4-8-25/h5-6,13H,2-4,7-12,14H2,1H3,(H,20,21,22). The van der Waals surface area contributed by atoms with Crippen LogP contribution in [0.1, 0.15) is 30.9 Å². The summed E-state index contributed by atoms with van der Waals surface area (Å²) in [7, 11) is -3.42. The minimum atomic E-state index is -3.42. The molecule has 2 aliphatic heterocycles. The van der Waals surface area contributed by atoms with Gasteiger partial charge < -0.3 is 4.90 Å². The third-order valence-corrected chi connectivity index (χ3v) is 7.26. The largest absolute Gasteiger partial charge is 0.354 e. The summed E-state index contributed by atoms with van der Waals surface area (Å²) in [5.41, 5.74) is 0. The molecule has 4 heterocycles. The Labute approximate surface area is 165 Å². The molecule has 9 nitrogen and oxygen atoms in total.